The molecule has 0 spiro atoms. The summed E-state index contributed by atoms with van der Waals surface area (Å²) in [5.41, 5.74) is 1.65. The molecule has 1 saturated carbocycles. The Kier molecular flexibility index (Phi) is 3.06. The number of nitrogens with zero attached hydrogens (tertiary/aromatic N) is 2. The van der Waals surface area contributed by atoms with E-state index in [1.165, 1.54) is 0 Å². The molecule has 1 aliphatic carbocycles. The van der Waals surface area contributed by atoms with E-state index in [0.717, 1.165) is 33.9 Å². The van der Waals surface area contributed by atoms with Gasteiger partial charge in [0.05, 0.1) is 11.3 Å². The van der Waals surface area contributed by atoms with Gasteiger partial charge in [-0.2, -0.15) is 0 Å². The maximum atomic E-state index is 12.3. The lowest BCUT2D eigenvalue weighted by atomic mass is 10.2. The van der Waals surface area contributed by atoms with E-state index < -0.39 is 0 Å². The molecule has 5 heteroatoms. The Balaban J connectivity index is 1.85. The molecule has 98 valence electrons. The highest BCUT2D eigenvalue weighted by Gasteiger charge is 2.29. The highest BCUT2D eigenvalue weighted by atomic mass is 32.1. The first-order valence-electron chi connectivity index (χ1n) is 6.34. The molecule has 0 atom stereocenters. The van der Waals surface area contributed by atoms with Crippen molar-refractivity contribution in [2.75, 3.05) is 5.32 Å². The van der Waals surface area contributed by atoms with Crippen molar-refractivity contribution >= 4 is 23.1 Å². The monoisotopic (exact) mass is 273 g/mol. The van der Waals surface area contributed by atoms with Crippen LogP contribution in [0.25, 0.3) is 0 Å². The normalized spacial score (nSPS) is 14.4. The molecule has 0 aliphatic heterocycles. The summed E-state index contributed by atoms with van der Waals surface area (Å²) < 4.78 is 0. The summed E-state index contributed by atoms with van der Waals surface area (Å²) >= 11 is 1.63. The zero-order valence-electron chi connectivity index (χ0n) is 10.9. The minimum Gasteiger partial charge on any atom is -0.305 e. The maximum Gasteiger partial charge on any atom is 0.257 e. The van der Waals surface area contributed by atoms with Crippen molar-refractivity contribution in [3.63, 3.8) is 0 Å². The summed E-state index contributed by atoms with van der Waals surface area (Å²) in [7, 11) is 0. The lowest BCUT2D eigenvalue weighted by molar-refractivity contribution is 0.102. The Bertz CT molecular complexity index is 631. The number of amides is 1. The third-order valence-corrected chi connectivity index (χ3v) is 4.17. The van der Waals surface area contributed by atoms with Crippen molar-refractivity contribution in [3.05, 3.63) is 39.5 Å². The van der Waals surface area contributed by atoms with Gasteiger partial charge in [0.2, 0.25) is 0 Å². The van der Waals surface area contributed by atoms with E-state index in [-0.39, 0.29) is 5.91 Å². The first-order valence-corrected chi connectivity index (χ1v) is 7.16. The summed E-state index contributed by atoms with van der Waals surface area (Å²) in [4.78, 5) is 23.0. The summed E-state index contributed by atoms with van der Waals surface area (Å²) in [5, 5.41) is 2.90. The van der Waals surface area contributed by atoms with Crippen molar-refractivity contribution in [1.82, 2.24) is 9.97 Å². The average Bonchev–Trinajstić information content (AvgIpc) is 3.15. The number of nitrogens with one attached hydrogen (secondary N) is 1. The molecular weight excluding hydrogens is 258 g/mol. The van der Waals surface area contributed by atoms with E-state index in [9.17, 15) is 4.79 Å². The lowest BCUT2D eigenvalue weighted by Crippen LogP contribution is -2.15. The lowest BCUT2D eigenvalue weighted by Gasteiger charge is -2.07. The smallest absolute Gasteiger partial charge is 0.257 e. The van der Waals surface area contributed by atoms with Gasteiger partial charge in [0.25, 0.3) is 5.91 Å². The van der Waals surface area contributed by atoms with Crippen LogP contribution in [-0.2, 0) is 0 Å². The van der Waals surface area contributed by atoms with E-state index in [1.807, 2.05) is 19.9 Å². The maximum absolute atomic E-state index is 12.3. The van der Waals surface area contributed by atoms with Crippen molar-refractivity contribution in [3.8, 4) is 0 Å². The molecule has 2 aromatic heterocycles. The first-order chi connectivity index (χ1) is 9.15. The predicted octanol–water partition coefficient (Wildman–Crippen LogP) is 3.28. The van der Waals surface area contributed by atoms with E-state index in [4.69, 9.17) is 0 Å². The van der Waals surface area contributed by atoms with Gasteiger partial charge in [-0.05, 0) is 32.8 Å². The molecule has 1 amide bonds. The number of carbonyl (C=O) groups excluding carboxylic acids is 1. The molecule has 19 heavy (non-hydrogen) atoms. The van der Waals surface area contributed by atoms with Gasteiger partial charge in [0, 0.05) is 28.1 Å². The number of hydrogen-bond donors (Lipinski definition) is 1. The van der Waals surface area contributed by atoms with Crippen LogP contribution in [-0.4, -0.2) is 15.9 Å². The predicted molar refractivity (Wildman–Crippen MR) is 75.8 cm³/mol. The van der Waals surface area contributed by atoms with Gasteiger partial charge < -0.3 is 5.32 Å². The molecule has 2 heterocycles. The standard InChI is InChI=1S/C14H15N3OS/c1-8-7-11(9(2)19-8)14(18)17-13-12(10-3-4-10)15-5-6-16-13/h5-7,10H,3-4H2,1-2H3,(H,16,17,18). The molecule has 3 rings (SSSR count). The second-order valence-corrected chi connectivity index (χ2v) is 6.31. The van der Waals surface area contributed by atoms with Crippen LogP contribution in [0.1, 0.15) is 44.6 Å². The van der Waals surface area contributed by atoms with Crippen LogP contribution >= 0.6 is 11.3 Å². The number of hydrogen-bond acceptors (Lipinski definition) is 4. The van der Waals surface area contributed by atoms with Crippen LogP contribution in [0, 0.1) is 13.8 Å². The van der Waals surface area contributed by atoms with E-state index in [0.29, 0.717) is 11.7 Å². The van der Waals surface area contributed by atoms with Gasteiger partial charge in [0.15, 0.2) is 5.82 Å². The van der Waals surface area contributed by atoms with Crippen LogP contribution in [0.4, 0.5) is 5.82 Å². The second kappa shape index (κ2) is 4.74. The number of aromatic nitrogens is 2. The largest absolute Gasteiger partial charge is 0.305 e. The number of thiophene rings is 1. The third kappa shape index (κ3) is 2.51. The number of aryl methyl sites for hydroxylation is 2. The fourth-order valence-corrected chi connectivity index (χ4v) is 3.05. The minimum atomic E-state index is -0.0933. The Hall–Kier alpha value is -1.75. The number of rotatable bonds is 3. The van der Waals surface area contributed by atoms with Gasteiger partial charge in [-0.3, -0.25) is 9.78 Å². The molecule has 0 radical (unpaired) electrons. The first kappa shape index (κ1) is 12.3. The Labute approximate surface area is 115 Å². The third-order valence-electron chi connectivity index (χ3n) is 3.21. The average molecular weight is 273 g/mol. The van der Waals surface area contributed by atoms with Crippen molar-refractivity contribution < 1.29 is 4.79 Å². The SMILES string of the molecule is Cc1cc(C(=O)Nc2nccnc2C2CC2)c(C)s1. The van der Waals surface area contributed by atoms with Crippen molar-refractivity contribution in [2.45, 2.75) is 32.6 Å². The zero-order chi connectivity index (χ0) is 13.4. The molecule has 2 aromatic rings. The molecule has 0 aromatic carbocycles. The van der Waals surface area contributed by atoms with Crippen molar-refractivity contribution in [2.24, 2.45) is 0 Å². The van der Waals surface area contributed by atoms with Crippen LogP contribution in [0.5, 0.6) is 0 Å². The summed E-state index contributed by atoms with van der Waals surface area (Å²) in [6.07, 6.45) is 5.58. The molecule has 1 fully saturated rings. The number of carbonyl (C=O) groups is 1. The van der Waals surface area contributed by atoms with Gasteiger partial charge in [-0.15, -0.1) is 11.3 Å². The van der Waals surface area contributed by atoms with Gasteiger partial charge in [-0.25, -0.2) is 4.98 Å². The fourth-order valence-electron chi connectivity index (χ4n) is 2.13. The van der Waals surface area contributed by atoms with E-state index in [2.05, 4.69) is 15.3 Å². The molecular formula is C14H15N3OS. The molecule has 1 N–H and O–H groups in total. The van der Waals surface area contributed by atoms with Crippen LogP contribution < -0.4 is 5.32 Å². The minimum absolute atomic E-state index is 0.0933. The summed E-state index contributed by atoms with van der Waals surface area (Å²) in [5.74, 6) is 0.983. The molecule has 0 bridgehead atoms. The fraction of sp³-hybridized carbons (Fsp3) is 0.357. The second-order valence-electron chi connectivity index (χ2n) is 4.85. The highest BCUT2D eigenvalue weighted by molar-refractivity contribution is 7.12. The highest BCUT2D eigenvalue weighted by Crippen LogP contribution is 2.41. The quantitative estimate of drug-likeness (QED) is 0.933. The molecule has 4 nitrogen and oxygen atoms in total. The Morgan fingerprint density at radius 2 is 2.05 bits per heavy atom. The molecule has 0 unspecified atom stereocenters. The Morgan fingerprint density at radius 3 is 2.68 bits per heavy atom. The number of anilines is 1. The van der Waals surface area contributed by atoms with E-state index in [1.54, 1.807) is 23.7 Å². The molecule has 1 aliphatic rings. The summed E-state index contributed by atoms with van der Waals surface area (Å²) in [6, 6.07) is 1.92. The van der Waals surface area contributed by atoms with E-state index >= 15 is 0 Å². The van der Waals surface area contributed by atoms with Gasteiger partial charge in [0.1, 0.15) is 0 Å². The zero-order valence-corrected chi connectivity index (χ0v) is 11.8. The van der Waals surface area contributed by atoms with Crippen molar-refractivity contribution in [1.29, 1.82) is 0 Å². The van der Waals surface area contributed by atoms with Crippen LogP contribution in [0.15, 0.2) is 18.5 Å². The molecule has 0 saturated heterocycles. The van der Waals surface area contributed by atoms with Gasteiger partial charge >= 0.3 is 0 Å². The Morgan fingerprint density at radius 1 is 1.32 bits per heavy atom. The van der Waals surface area contributed by atoms with Gasteiger partial charge in [-0.1, -0.05) is 0 Å². The topological polar surface area (TPSA) is 54.9 Å². The summed E-state index contributed by atoms with van der Waals surface area (Å²) in [6.45, 7) is 3.97. The van der Waals surface area contributed by atoms with Crippen LogP contribution in [0.2, 0.25) is 0 Å². The van der Waals surface area contributed by atoms with Crippen LogP contribution in [0.3, 0.4) is 0 Å².